The summed E-state index contributed by atoms with van der Waals surface area (Å²) in [5.41, 5.74) is 0. The van der Waals surface area contributed by atoms with Crippen molar-refractivity contribution in [2.75, 3.05) is 50.8 Å². The Hall–Kier alpha value is -0.720. The fourth-order valence-electron chi connectivity index (χ4n) is 2.80. The highest BCUT2D eigenvalue weighted by molar-refractivity contribution is 7.09. The number of rotatable bonds is 4. The molecule has 2 fully saturated rings. The Balaban J connectivity index is 1.49. The van der Waals surface area contributed by atoms with Crippen LogP contribution < -0.4 is 4.90 Å². The molecule has 0 N–H and O–H groups in total. The molecule has 6 heteroatoms. The van der Waals surface area contributed by atoms with E-state index < -0.39 is 0 Å². The lowest BCUT2D eigenvalue weighted by atomic mass is 10.1. The molecule has 2 saturated heterocycles. The Morgan fingerprint density at radius 2 is 2.10 bits per heavy atom. The normalized spacial score (nSPS) is 24.8. The second kappa shape index (κ2) is 6.37. The van der Waals surface area contributed by atoms with Crippen LogP contribution in [0.5, 0.6) is 0 Å². The zero-order valence-electron chi connectivity index (χ0n) is 12.4. The maximum Gasteiger partial charge on any atom is 0.205 e. The van der Waals surface area contributed by atoms with Crippen LogP contribution in [-0.4, -0.2) is 60.2 Å². The number of aromatic nitrogens is 2. The standard InChI is InChI=1S/C14H24N4OS/c1-11(2)13-15-14(20-16-13)18-6-4-17(5-7-18)9-12-3-8-19-10-12/h11-12H,3-10H2,1-2H3. The van der Waals surface area contributed by atoms with Gasteiger partial charge < -0.3 is 9.64 Å². The average Bonchev–Trinajstić information content (AvgIpc) is 3.10. The van der Waals surface area contributed by atoms with Crippen LogP contribution in [0, 0.1) is 5.92 Å². The molecule has 1 atom stereocenters. The van der Waals surface area contributed by atoms with Gasteiger partial charge in [0, 0.05) is 56.8 Å². The molecule has 0 radical (unpaired) electrons. The first-order chi connectivity index (χ1) is 9.72. The molecule has 0 aromatic carbocycles. The number of anilines is 1. The summed E-state index contributed by atoms with van der Waals surface area (Å²) in [6, 6.07) is 0. The molecule has 0 spiro atoms. The van der Waals surface area contributed by atoms with Crippen LogP contribution in [0.25, 0.3) is 0 Å². The average molecular weight is 296 g/mol. The van der Waals surface area contributed by atoms with E-state index in [4.69, 9.17) is 4.74 Å². The zero-order chi connectivity index (χ0) is 13.9. The van der Waals surface area contributed by atoms with Crippen LogP contribution >= 0.6 is 11.5 Å². The molecule has 3 rings (SSSR count). The molecule has 1 aromatic rings. The van der Waals surface area contributed by atoms with Crippen LogP contribution in [-0.2, 0) is 4.74 Å². The van der Waals surface area contributed by atoms with E-state index in [0.717, 1.165) is 56.3 Å². The SMILES string of the molecule is CC(C)c1nsc(N2CCN(CC3CCOC3)CC2)n1. The molecular formula is C14H24N4OS. The van der Waals surface area contributed by atoms with Gasteiger partial charge in [-0.3, -0.25) is 4.90 Å². The van der Waals surface area contributed by atoms with Gasteiger partial charge in [0.1, 0.15) is 5.82 Å². The number of hydrogen-bond donors (Lipinski definition) is 0. The van der Waals surface area contributed by atoms with E-state index in [9.17, 15) is 0 Å². The Labute approximate surface area is 125 Å². The van der Waals surface area contributed by atoms with E-state index >= 15 is 0 Å². The predicted octanol–water partition coefficient (Wildman–Crippen LogP) is 1.82. The molecule has 1 unspecified atom stereocenters. The highest BCUT2D eigenvalue weighted by Crippen LogP contribution is 2.23. The highest BCUT2D eigenvalue weighted by atomic mass is 32.1. The van der Waals surface area contributed by atoms with Gasteiger partial charge in [-0.1, -0.05) is 13.8 Å². The van der Waals surface area contributed by atoms with Gasteiger partial charge in [-0.15, -0.1) is 0 Å². The Morgan fingerprint density at radius 1 is 1.30 bits per heavy atom. The summed E-state index contributed by atoms with van der Waals surface area (Å²) in [5.74, 6) is 2.15. The topological polar surface area (TPSA) is 41.5 Å². The number of hydrogen-bond acceptors (Lipinski definition) is 6. The zero-order valence-corrected chi connectivity index (χ0v) is 13.2. The molecule has 0 aliphatic carbocycles. The first-order valence-corrected chi connectivity index (χ1v) is 8.38. The minimum Gasteiger partial charge on any atom is -0.381 e. The molecule has 0 saturated carbocycles. The summed E-state index contributed by atoms with van der Waals surface area (Å²) in [7, 11) is 0. The van der Waals surface area contributed by atoms with Crippen LogP contribution in [0.1, 0.15) is 32.0 Å². The van der Waals surface area contributed by atoms with Gasteiger partial charge in [-0.05, 0) is 12.3 Å². The lowest BCUT2D eigenvalue weighted by Gasteiger charge is -2.35. The van der Waals surface area contributed by atoms with Crippen molar-refractivity contribution in [3.8, 4) is 0 Å². The number of piperazine rings is 1. The van der Waals surface area contributed by atoms with Gasteiger partial charge in [0.25, 0.3) is 0 Å². The molecule has 3 heterocycles. The van der Waals surface area contributed by atoms with E-state index in [1.54, 1.807) is 11.5 Å². The number of ether oxygens (including phenoxy) is 1. The van der Waals surface area contributed by atoms with Crippen LogP contribution in [0.2, 0.25) is 0 Å². The summed E-state index contributed by atoms with van der Waals surface area (Å²) < 4.78 is 9.91. The van der Waals surface area contributed by atoms with E-state index in [-0.39, 0.29) is 0 Å². The van der Waals surface area contributed by atoms with Crippen molar-refractivity contribution < 1.29 is 4.74 Å². The van der Waals surface area contributed by atoms with Crippen molar-refractivity contribution >= 4 is 16.7 Å². The summed E-state index contributed by atoms with van der Waals surface area (Å²) in [4.78, 5) is 9.61. The smallest absolute Gasteiger partial charge is 0.205 e. The fourth-order valence-corrected chi connectivity index (χ4v) is 3.66. The van der Waals surface area contributed by atoms with Crippen molar-refractivity contribution in [1.82, 2.24) is 14.3 Å². The summed E-state index contributed by atoms with van der Waals surface area (Å²) in [6.45, 7) is 11.8. The van der Waals surface area contributed by atoms with E-state index in [2.05, 4.69) is 33.0 Å². The second-order valence-corrected chi connectivity index (χ2v) is 6.84. The predicted molar refractivity (Wildman–Crippen MR) is 81.6 cm³/mol. The van der Waals surface area contributed by atoms with Crippen LogP contribution in [0.4, 0.5) is 5.13 Å². The van der Waals surface area contributed by atoms with Gasteiger partial charge >= 0.3 is 0 Å². The third-order valence-electron chi connectivity index (χ3n) is 4.13. The van der Waals surface area contributed by atoms with E-state index in [1.165, 1.54) is 13.0 Å². The Kier molecular flexibility index (Phi) is 4.53. The second-order valence-electron chi connectivity index (χ2n) is 6.11. The van der Waals surface area contributed by atoms with E-state index in [0.29, 0.717) is 5.92 Å². The van der Waals surface area contributed by atoms with Gasteiger partial charge in [0.05, 0.1) is 6.61 Å². The lowest BCUT2D eigenvalue weighted by molar-refractivity contribution is 0.164. The van der Waals surface area contributed by atoms with Crippen molar-refractivity contribution in [3.05, 3.63) is 5.82 Å². The third-order valence-corrected chi connectivity index (χ3v) is 4.92. The molecule has 0 amide bonds. The quantitative estimate of drug-likeness (QED) is 0.848. The van der Waals surface area contributed by atoms with Crippen LogP contribution in [0.15, 0.2) is 0 Å². The fraction of sp³-hybridized carbons (Fsp3) is 0.857. The van der Waals surface area contributed by atoms with Crippen molar-refractivity contribution in [2.45, 2.75) is 26.2 Å². The van der Waals surface area contributed by atoms with Crippen molar-refractivity contribution in [1.29, 1.82) is 0 Å². The molecular weight excluding hydrogens is 272 g/mol. The van der Waals surface area contributed by atoms with Crippen LogP contribution in [0.3, 0.4) is 0 Å². The van der Waals surface area contributed by atoms with Gasteiger partial charge in [0.2, 0.25) is 5.13 Å². The van der Waals surface area contributed by atoms with Crippen molar-refractivity contribution in [3.63, 3.8) is 0 Å². The molecule has 112 valence electrons. The molecule has 20 heavy (non-hydrogen) atoms. The lowest BCUT2D eigenvalue weighted by Crippen LogP contribution is -2.47. The Morgan fingerprint density at radius 3 is 2.70 bits per heavy atom. The highest BCUT2D eigenvalue weighted by Gasteiger charge is 2.24. The van der Waals surface area contributed by atoms with Gasteiger partial charge in [-0.25, -0.2) is 4.98 Å². The summed E-state index contributed by atoms with van der Waals surface area (Å²) >= 11 is 1.54. The molecule has 1 aromatic heterocycles. The molecule has 0 bridgehead atoms. The first-order valence-electron chi connectivity index (χ1n) is 7.61. The molecule has 2 aliphatic rings. The Bertz CT molecular complexity index is 423. The summed E-state index contributed by atoms with van der Waals surface area (Å²) in [6.07, 6.45) is 1.23. The maximum absolute atomic E-state index is 5.46. The van der Waals surface area contributed by atoms with Gasteiger partial charge in [0.15, 0.2) is 0 Å². The maximum atomic E-state index is 5.46. The van der Waals surface area contributed by atoms with Gasteiger partial charge in [-0.2, -0.15) is 4.37 Å². The minimum absolute atomic E-state index is 0.420. The molecule has 2 aliphatic heterocycles. The monoisotopic (exact) mass is 296 g/mol. The number of nitrogens with zero attached hydrogens (tertiary/aromatic N) is 4. The van der Waals surface area contributed by atoms with Crippen molar-refractivity contribution in [2.24, 2.45) is 5.92 Å². The minimum atomic E-state index is 0.420. The first kappa shape index (κ1) is 14.2. The third kappa shape index (κ3) is 3.30. The molecule has 5 nitrogen and oxygen atoms in total. The van der Waals surface area contributed by atoms with E-state index in [1.807, 2.05) is 0 Å². The largest absolute Gasteiger partial charge is 0.381 e. The summed E-state index contributed by atoms with van der Waals surface area (Å²) in [5, 5.41) is 1.09.